The molecule has 1 aliphatic heterocycles. The third-order valence-electron chi connectivity index (χ3n) is 2.20. The van der Waals surface area contributed by atoms with Crippen LogP contribution in [-0.4, -0.2) is 42.5 Å². The van der Waals surface area contributed by atoms with Gasteiger partial charge in [-0.2, -0.15) is 0 Å². The third kappa shape index (κ3) is 2.27. The Morgan fingerprint density at radius 1 is 1.73 bits per heavy atom. The predicted molar refractivity (Wildman–Crippen MR) is 42.3 cm³/mol. The van der Waals surface area contributed by atoms with Crippen molar-refractivity contribution < 1.29 is 9.90 Å². The van der Waals surface area contributed by atoms with Crippen LogP contribution in [-0.2, 0) is 4.79 Å². The number of hydrogen-bond donors (Lipinski definition) is 1. The molecule has 1 saturated heterocycles. The molecule has 0 spiro atoms. The Kier molecular flexibility index (Phi) is 3.02. The topological polar surface area (TPSA) is 40.5 Å². The van der Waals surface area contributed by atoms with Gasteiger partial charge in [0.25, 0.3) is 0 Å². The van der Waals surface area contributed by atoms with E-state index in [1.165, 1.54) is 0 Å². The molecule has 1 unspecified atom stereocenters. The maximum absolute atomic E-state index is 11.2. The summed E-state index contributed by atoms with van der Waals surface area (Å²) in [5.41, 5.74) is 0. The van der Waals surface area contributed by atoms with E-state index in [9.17, 15) is 4.79 Å². The number of rotatable bonds is 3. The van der Waals surface area contributed by atoms with Crippen molar-refractivity contribution in [2.24, 2.45) is 5.92 Å². The quantitative estimate of drug-likeness (QED) is 0.621. The second-order valence-corrected chi connectivity index (χ2v) is 3.19. The molecule has 1 heterocycles. The van der Waals surface area contributed by atoms with Gasteiger partial charge in [0.1, 0.15) is 5.78 Å². The number of ketones is 1. The molecule has 1 fully saturated rings. The van der Waals surface area contributed by atoms with Crippen molar-refractivity contribution in [1.82, 2.24) is 4.90 Å². The third-order valence-corrected chi connectivity index (χ3v) is 2.20. The van der Waals surface area contributed by atoms with Gasteiger partial charge in [-0.1, -0.05) is 0 Å². The number of nitrogens with zero attached hydrogens (tertiary/aromatic N) is 1. The van der Waals surface area contributed by atoms with Crippen molar-refractivity contribution >= 4 is 5.78 Å². The molecule has 64 valence electrons. The summed E-state index contributed by atoms with van der Waals surface area (Å²) in [4.78, 5) is 13.4. The van der Waals surface area contributed by atoms with Crippen LogP contribution in [0.5, 0.6) is 0 Å². The Bertz CT molecular complexity index is 147. The van der Waals surface area contributed by atoms with Crippen LogP contribution in [0, 0.1) is 5.92 Å². The van der Waals surface area contributed by atoms with E-state index >= 15 is 0 Å². The van der Waals surface area contributed by atoms with E-state index in [-0.39, 0.29) is 18.3 Å². The summed E-state index contributed by atoms with van der Waals surface area (Å²) < 4.78 is 0. The zero-order valence-corrected chi connectivity index (χ0v) is 6.92. The maximum Gasteiger partial charge on any atom is 0.139 e. The Morgan fingerprint density at radius 2 is 2.45 bits per heavy atom. The first-order valence-corrected chi connectivity index (χ1v) is 4.06. The summed E-state index contributed by atoms with van der Waals surface area (Å²) in [5.74, 6) is 0.406. The summed E-state index contributed by atoms with van der Waals surface area (Å²) >= 11 is 0. The monoisotopic (exact) mass is 157 g/mol. The molecule has 1 N–H and O–H groups in total. The first kappa shape index (κ1) is 8.68. The van der Waals surface area contributed by atoms with E-state index < -0.39 is 0 Å². The molecule has 3 nitrogen and oxygen atoms in total. The van der Waals surface area contributed by atoms with Crippen molar-refractivity contribution in [3.63, 3.8) is 0 Å². The Morgan fingerprint density at radius 3 is 2.91 bits per heavy atom. The van der Waals surface area contributed by atoms with Crippen molar-refractivity contribution in [2.75, 3.05) is 26.7 Å². The fourth-order valence-electron chi connectivity index (χ4n) is 1.51. The molecule has 0 aromatic rings. The average Bonchev–Trinajstić information content (AvgIpc) is 2.36. The molecule has 0 aromatic heterocycles. The Labute approximate surface area is 67.0 Å². The lowest BCUT2D eigenvalue weighted by molar-refractivity contribution is -0.123. The largest absolute Gasteiger partial charge is 0.396 e. The number of aliphatic hydroxyl groups is 1. The first-order valence-electron chi connectivity index (χ1n) is 4.06. The molecule has 11 heavy (non-hydrogen) atoms. The van der Waals surface area contributed by atoms with Crippen LogP contribution in [0.25, 0.3) is 0 Å². The highest BCUT2D eigenvalue weighted by atomic mass is 16.3. The van der Waals surface area contributed by atoms with Crippen LogP contribution in [0.4, 0.5) is 0 Å². The van der Waals surface area contributed by atoms with Gasteiger partial charge in [-0.05, 0) is 20.0 Å². The van der Waals surface area contributed by atoms with Gasteiger partial charge in [-0.25, -0.2) is 0 Å². The lowest BCUT2D eigenvalue weighted by atomic mass is 10.0. The van der Waals surface area contributed by atoms with E-state index in [4.69, 9.17) is 5.11 Å². The molecule has 0 aliphatic carbocycles. The van der Waals surface area contributed by atoms with Crippen LogP contribution in [0.1, 0.15) is 12.8 Å². The van der Waals surface area contributed by atoms with E-state index in [1.54, 1.807) is 0 Å². The van der Waals surface area contributed by atoms with Gasteiger partial charge < -0.3 is 10.0 Å². The molecular weight excluding hydrogens is 142 g/mol. The van der Waals surface area contributed by atoms with Crippen molar-refractivity contribution in [2.45, 2.75) is 12.8 Å². The zero-order chi connectivity index (χ0) is 8.27. The molecule has 1 rings (SSSR count). The minimum atomic E-state index is -0.000945. The van der Waals surface area contributed by atoms with Crippen molar-refractivity contribution in [3.8, 4) is 0 Å². The van der Waals surface area contributed by atoms with Gasteiger partial charge in [-0.3, -0.25) is 4.79 Å². The van der Waals surface area contributed by atoms with E-state index in [2.05, 4.69) is 4.90 Å². The second-order valence-electron chi connectivity index (χ2n) is 3.19. The number of carbonyl (C=O) groups is 1. The normalized spacial score (nSPS) is 25.8. The van der Waals surface area contributed by atoms with Gasteiger partial charge in [0.2, 0.25) is 0 Å². The first-order chi connectivity index (χ1) is 5.24. The van der Waals surface area contributed by atoms with Crippen LogP contribution in [0.15, 0.2) is 0 Å². The summed E-state index contributed by atoms with van der Waals surface area (Å²) in [6, 6.07) is 0. The van der Waals surface area contributed by atoms with E-state index in [0.717, 1.165) is 19.5 Å². The van der Waals surface area contributed by atoms with Gasteiger partial charge in [0.05, 0.1) is 0 Å². The van der Waals surface area contributed by atoms with Crippen LogP contribution in [0.3, 0.4) is 0 Å². The Balaban J connectivity index is 2.31. The molecule has 0 saturated carbocycles. The fraction of sp³-hybridized carbons (Fsp3) is 0.875. The molecule has 0 radical (unpaired) electrons. The van der Waals surface area contributed by atoms with Gasteiger partial charge in [-0.15, -0.1) is 0 Å². The molecule has 1 atom stereocenters. The summed E-state index contributed by atoms with van der Waals surface area (Å²) in [5, 5.41) is 8.53. The van der Waals surface area contributed by atoms with Crippen molar-refractivity contribution in [1.29, 1.82) is 0 Å². The SMILES string of the molecule is CN1CCC(C(=O)CCO)C1. The van der Waals surface area contributed by atoms with Gasteiger partial charge >= 0.3 is 0 Å². The summed E-state index contributed by atoms with van der Waals surface area (Å²) in [6.07, 6.45) is 1.30. The van der Waals surface area contributed by atoms with Gasteiger partial charge in [0, 0.05) is 25.5 Å². The summed E-state index contributed by atoms with van der Waals surface area (Å²) in [7, 11) is 2.02. The number of aliphatic hydroxyl groups excluding tert-OH is 1. The Hall–Kier alpha value is -0.410. The van der Waals surface area contributed by atoms with Crippen LogP contribution >= 0.6 is 0 Å². The van der Waals surface area contributed by atoms with Crippen LogP contribution < -0.4 is 0 Å². The molecular formula is C8H15NO2. The van der Waals surface area contributed by atoms with Crippen LogP contribution in [0.2, 0.25) is 0 Å². The number of hydrogen-bond acceptors (Lipinski definition) is 3. The minimum Gasteiger partial charge on any atom is -0.396 e. The molecule has 0 amide bonds. The second kappa shape index (κ2) is 3.83. The lowest BCUT2D eigenvalue weighted by Crippen LogP contribution is -2.20. The highest BCUT2D eigenvalue weighted by Crippen LogP contribution is 2.16. The molecule has 0 bridgehead atoms. The molecule has 3 heteroatoms. The standard InChI is InChI=1S/C8H15NO2/c1-9-4-2-7(6-9)8(11)3-5-10/h7,10H,2-6H2,1H3. The predicted octanol–water partition coefficient (Wildman–Crippen LogP) is -0.110. The lowest BCUT2D eigenvalue weighted by Gasteiger charge is -2.07. The number of Topliss-reactive ketones (excluding diaryl/α,β-unsaturated/α-hetero) is 1. The minimum absolute atomic E-state index is 0.000945. The van der Waals surface area contributed by atoms with E-state index in [0.29, 0.717) is 6.42 Å². The van der Waals surface area contributed by atoms with Gasteiger partial charge in [0.15, 0.2) is 0 Å². The number of carbonyl (C=O) groups excluding carboxylic acids is 1. The smallest absolute Gasteiger partial charge is 0.139 e. The number of likely N-dealkylation sites (tertiary alicyclic amines) is 1. The van der Waals surface area contributed by atoms with E-state index in [1.807, 2.05) is 7.05 Å². The fourth-order valence-corrected chi connectivity index (χ4v) is 1.51. The molecule has 1 aliphatic rings. The zero-order valence-electron chi connectivity index (χ0n) is 6.92. The average molecular weight is 157 g/mol. The maximum atomic E-state index is 11.2. The summed E-state index contributed by atoms with van der Waals surface area (Å²) in [6.45, 7) is 1.89. The van der Waals surface area contributed by atoms with Crippen molar-refractivity contribution in [3.05, 3.63) is 0 Å². The highest BCUT2D eigenvalue weighted by Gasteiger charge is 2.24. The molecule has 0 aromatic carbocycles. The highest BCUT2D eigenvalue weighted by molar-refractivity contribution is 5.81.